The number of pyridine rings is 1. The van der Waals surface area contributed by atoms with E-state index >= 15 is 0 Å². The summed E-state index contributed by atoms with van der Waals surface area (Å²) in [4.78, 5) is 20.4. The summed E-state index contributed by atoms with van der Waals surface area (Å²) in [6, 6.07) is 9.94. The summed E-state index contributed by atoms with van der Waals surface area (Å²) < 4.78 is 15.1. The molecular formula is C16H15FN6O. The van der Waals surface area contributed by atoms with Gasteiger partial charge in [-0.3, -0.25) is 0 Å². The van der Waals surface area contributed by atoms with Crippen LogP contribution in [0.2, 0.25) is 0 Å². The van der Waals surface area contributed by atoms with Gasteiger partial charge in [0, 0.05) is 32.4 Å². The third-order valence-electron chi connectivity index (χ3n) is 4.15. The molecule has 3 heterocycles. The molecule has 0 aliphatic carbocycles. The number of hydrogen-bond acceptors (Lipinski definition) is 5. The monoisotopic (exact) mass is 326 g/mol. The van der Waals surface area contributed by atoms with E-state index < -0.39 is 0 Å². The molecule has 0 spiro atoms. The lowest BCUT2D eigenvalue weighted by Gasteiger charge is -2.35. The molecule has 1 aromatic carbocycles. The average molecular weight is 326 g/mol. The van der Waals surface area contributed by atoms with Gasteiger partial charge in [0.2, 0.25) is 5.65 Å². The van der Waals surface area contributed by atoms with Crippen molar-refractivity contribution in [2.24, 2.45) is 0 Å². The van der Waals surface area contributed by atoms with E-state index in [2.05, 4.69) is 15.3 Å². The molecule has 0 saturated carbocycles. The quantitative estimate of drug-likeness (QED) is 0.682. The molecule has 1 saturated heterocycles. The van der Waals surface area contributed by atoms with Crippen molar-refractivity contribution >= 4 is 22.9 Å². The summed E-state index contributed by atoms with van der Waals surface area (Å²) in [6.07, 6.45) is 1.61. The molecule has 0 bridgehead atoms. The van der Waals surface area contributed by atoms with E-state index in [9.17, 15) is 9.18 Å². The van der Waals surface area contributed by atoms with Crippen LogP contribution in [0.15, 0.2) is 42.6 Å². The van der Waals surface area contributed by atoms with Gasteiger partial charge in [0.05, 0.1) is 5.69 Å². The molecule has 0 N–H and O–H groups in total. The molecule has 2 aromatic heterocycles. The Morgan fingerprint density at radius 1 is 1.04 bits per heavy atom. The minimum Gasteiger partial charge on any atom is -0.366 e. The molecule has 0 atom stereocenters. The van der Waals surface area contributed by atoms with Crippen LogP contribution in [0, 0.1) is 5.82 Å². The number of hydrogen-bond donors (Lipinski definition) is 0. The molecule has 0 unspecified atom stereocenters. The number of fused-ring (bicyclic) bond motifs is 1. The SMILES string of the molecule is O=C(N1CCN(c2ccccc2F)CC1)n1nnc2ncccc21. The lowest BCUT2D eigenvalue weighted by atomic mass is 10.2. The van der Waals surface area contributed by atoms with E-state index in [0.29, 0.717) is 43.0 Å². The Balaban J connectivity index is 1.50. The fourth-order valence-electron chi connectivity index (χ4n) is 2.89. The van der Waals surface area contributed by atoms with Crippen LogP contribution in [0.4, 0.5) is 14.9 Å². The number of piperazine rings is 1. The van der Waals surface area contributed by atoms with E-state index in [-0.39, 0.29) is 11.8 Å². The molecular weight excluding hydrogens is 311 g/mol. The van der Waals surface area contributed by atoms with Crippen molar-refractivity contribution < 1.29 is 9.18 Å². The number of carbonyl (C=O) groups excluding carboxylic acids is 1. The molecule has 1 aliphatic heterocycles. The lowest BCUT2D eigenvalue weighted by Crippen LogP contribution is -2.50. The number of halogens is 1. The molecule has 8 heteroatoms. The largest absolute Gasteiger partial charge is 0.366 e. The molecule has 0 radical (unpaired) electrons. The van der Waals surface area contributed by atoms with E-state index in [1.54, 1.807) is 35.4 Å². The van der Waals surface area contributed by atoms with Gasteiger partial charge in [0.1, 0.15) is 11.3 Å². The summed E-state index contributed by atoms with van der Waals surface area (Å²) in [5.74, 6) is -0.245. The Bertz CT molecular complexity index is 887. The number of nitrogens with zero attached hydrogens (tertiary/aromatic N) is 6. The van der Waals surface area contributed by atoms with E-state index in [1.165, 1.54) is 10.7 Å². The second-order valence-electron chi connectivity index (χ2n) is 5.56. The molecule has 122 valence electrons. The summed E-state index contributed by atoms with van der Waals surface area (Å²) in [5, 5.41) is 7.80. The van der Waals surface area contributed by atoms with Crippen LogP contribution in [-0.4, -0.2) is 57.1 Å². The number of aromatic nitrogens is 4. The highest BCUT2D eigenvalue weighted by atomic mass is 19.1. The number of benzene rings is 1. The van der Waals surface area contributed by atoms with Gasteiger partial charge in [0.25, 0.3) is 0 Å². The standard InChI is InChI=1S/C16H15FN6O/c17-12-4-1-2-5-13(12)21-8-10-22(11-9-21)16(24)23-14-6-3-7-18-15(14)19-20-23/h1-7H,8-11H2. The van der Waals surface area contributed by atoms with Crippen molar-refractivity contribution in [3.63, 3.8) is 0 Å². The zero-order valence-corrected chi connectivity index (χ0v) is 12.8. The topological polar surface area (TPSA) is 67.2 Å². The first-order valence-electron chi connectivity index (χ1n) is 7.69. The third kappa shape index (κ3) is 2.45. The van der Waals surface area contributed by atoms with Crippen molar-refractivity contribution in [2.45, 2.75) is 0 Å². The van der Waals surface area contributed by atoms with Crippen molar-refractivity contribution in [1.29, 1.82) is 0 Å². The van der Waals surface area contributed by atoms with Crippen LogP contribution in [0.1, 0.15) is 0 Å². The maximum Gasteiger partial charge on any atom is 0.346 e. The van der Waals surface area contributed by atoms with E-state index in [0.717, 1.165) is 0 Å². The zero-order chi connectivity index (χ0) is 16.5. The first-order valence-corrected chi connectivity index (χ1v) is 7.69. The maximum absolute atomic E-state index is 13.9. The Labute approximate surface area is 137 Å². The second kappa shape index (κ2) is 5.88. The first kappa shape index (κ1) is 14.6. The summed E-state index contributed by atoms with van der Waals surface area (Å²) in [7, 11) is 0. The number of rotatable bonds is 1. The van der Waals surface area contributed by atoms with Crippen LogP contribution in [0.25, 0.3) is 11.2 Å². The van der Waals surface area contributed by atoms with Gasteiger partial charge in [-0.15, -0.1) is 5.10 Å². The maximum atomic E-state index is 13.9. The minimum atomic E-state index is -0.245. The van der Waals surface area contributed by atoms with Gasteiger partial charge < -0.3 is 9.80 Å². The molecule has 7 nitrogen and oxygen atoms in total. The number of carbonyl (C=O) groups is 1. The lowest BCUT2D eigenvalue weighted by molar-refractivity contribution is 0.193. The number of anilines is 1. The van der Waals surface area contributed by atoms with Gasteiger partial charge in [-0.1, -0.05) is 17.3 Å². The Morgan fingerprint density at radius 3 is 2.62 bits per heavy atom. The molecule has 4 rings (SSSR count). The van der Waals surface area contributed by atoms with E-state index in [4.69, 9.17) is 0 Å². The highest BCUT2D eigenvalue weighted by Gasteiger charge is 2.25. The molecule has 1 amide bonds. The number of para-hydroxylation sites is 1. The van der Waals surface area contributed by atoms with Gasteiger partial charge in [-0.05, 0) is 24.3 Å². The molecule has 1 fully saturated rings. The van der Waals surface area contributed by atoms with Crippen LogP contribution < -0.4 is 4.90 Å². The summed E-state index contributed by atoms with van der Waals surface area (Å²) in [6.45, 7) is 2.12. The zero-order valence-electron chi connectivity index (χ0n) is 12.8. The van der Waals surface area contributed by atoms with Crippen LogP contribution >= 0.6 is 0 Å². The van der Waals surface area contributed by atoms with Gasteiger partial charge in [-0.2, -0.15) is 4.68 Å². The van der Waals surface area contributed by atoms with Gasteiger partial charge >= 0.3 is 6.03 Å². The molecule has 3 aromatic rings. The molecule has 1 aliphatic rings. The predicted molar refractivity (Wildman–Crippen MR) is 86.3 cm³/mol. The highest BCUT2D eigenvalue weighted by Crippen LogP contribution is 2.20. The van der Waals surface area contributed by atoms with Crippen LogP contribution in [-0.2, 0) is 0 Å². The highest BCUT2D eigenvalue weighted by molar-refractivity contribution is 5.86. The third-order valence-corrected chi connectivity index (χ3v) is 4.15. The first-order chi connectivity index (χ1) is 11.7. The number of amides is 1. The summed E-state index contributed by atoms with van der Waals surface area (Å²) in [5.41, 5.74) is 1.59. The van der Waals surface area contributed by atoms with Crippen LogP contribution in [0.5, 0.6) is 0 Å². The van der Waals surface area contributed by atoms with Gasteiger partial charge in [-0.25, -0.2) is 14.2 Å². The van der Waals surface area contributed by atoms with Crippen molar-refractivity contribution in [2.75, 3.05) is 31.1 Å². The predicted octanol–water partition coefficient (Wildman–Crippen LogP) is 1.76. The van der Waals surface area contributed by atoms with Crippen molar-refractivity contribution in [3.05, 3.63) is 48.4 Å². The normalized spacial score (nSPS) is 15.0. The Kier molecular flexibility index (Phi) is 3.56. The second-order valence-corrected chi connectivity index (χ2v) is 5.56. The smallest absolute Gasteiger partial charge is 0.346 e. The minimum absolute atomic E-state index is 0.237. The molecule has 24 heavy (non-hydrogen) atoms. The van der Waals surface area contributed by atoms with E-state index in [1.807, 2.05) is 11.0 Å². The van der Waals surface area contributed by atoms with Crippen LogP contribution in [0.3, 0.4) is 0 Å². The fraction of sp³-hybridized carbons (Fsp3) is 0.250. The van der Waals surface area contributed by atoms with Crippen molar-refractivity contribution in [1.82, 2.24) is 24.9 Å². The Morgan fingerprint density at radius 2 is 1.83 bits per heavy atom. The fourth-order valence-corrected chi connectivity index (χ4v) is 2.89. The van der Waals surface area contributed by atoms with Crippen molar-refractivity contribution in [3.8, 4) is 0 Å². The Hall–Kier alpha value is -3.03. The average Bonchev–Trinajstić information content (AvgIpc) is 3.06. The van der Waals surface area contributed by atoms with Gasteiger partial charge in [0.15, 0.2) is 0 Å². The summed E-state index contributed by atoms with van der Waals surface area (Å²) >= 11 is 0.